The van der Waals surface area contributed by atoms with Crippen LogP contribution in [0.3, 0.4) is 0 Å². The Kier molecular flexibility index (Phi) is 5.12. The zero-order chi connectivity index (χ0) is 13.0. The van der Waals surface area contributed by atoms with E-state index >= 15 is 0 Å². The van der Waals surface area contributed by atoms with Gasteiger partial charge in [-0.2, -0.15) is 0 Å². The van der Waals surface area contributed by atoms with Crippen molar-refractivity contribution >= 4 is 11.6 Å². The van der Waals surface area contributed by atoms with Crippen LogP contribution in [0.25, 0.3) is 0 Å². The smallest absolute Gasteiger partial charge is 0.0341 e. The first kappa shape index (κ1) is 13.9. The SMILES string of the molecule is CC(C)Cc1cccc(C2CCCCC(Cl)C2)c1. The molecular weight excluding hydrogens is 240 g/mol. The van der Waals surface area contributed by atoms with Gasteiger partial charge in [-0.25, -0.2) is 0 Å². The largest absolute Gasteiger partial charge is 0.123 e. The van der Waals surface area contributed by atoms with Crippen molar-refractivity contribution in [3.63, 3.8) is 0 Å². The fourth-order valence-electron chi connectivity index (χ4n) is 3.05. The molecule has 0 saturated heterocycles. The molecule has 2 atom stereocenters. The normalized spacial score (nSPS) is 25.1. The molecule has 1 aliphatic carbocycles. The Hall–Kier alpha value is -0.490. The minimum Gasteiger partial charge on any atom is -0.123 e. The Labute approximate surface area is 117 Å². The lowest BCUT2D eigenvalue weighted by atomic mass is 9.89. The molecule has 1 aromatic carbocycles. The summed E-state index contributed by atoms with van der Waals surface area (Å²) in [5, 5.41) is 0.381. The van der Waals surface area contributed by atoms with Gasteiger partial charge in [0.05, 0.1) is 0 Å². The van der Waals surface area contributed by atoms with E-state index in [1.807, 2.05) is 0 Å². The third-order valence-electron chi connectivity index (χ3n) is 3.93. The Morgan fingerprint density at radius 3 is 2.78 bits per heavy atom. The van der Waals surface area contributed by atoms with Crippen molar-refractivity contribution < 1.29 is 0 Å². The van der Waals surface area contributed by atoms with Crippen LogP contribution in [0.4, 0.5) is 0 Å². The summed E-state index contributed by atoms with van der Waals surface area (Å²) < 4.78 is 0. The zero-order valence-corrected chi connectivity index (χ0v) is 12.4. The van der Waals surface area contributed by atoms with Crippen molar-refractivity contribution in [2.45, 2.75) is 63.7 Å². The second-order valence-corrected chi connectivity index (χ2v) is 6.77. The molecule has 0 nitrogen and oxygen atoms in total. The van der Waals surface area contributed by atoms with Crippen LogP contribution in [0.2, 0.25) is 0 Å². The number of hydrogen-bond donors (Lipinski definition) is 0. The highest BCUT2D eigenvalue weighted by Gasteiger charge is 2.20. The average molecular weight is 265 g/mol. The van der Waals surface area contributed by atoms with E-state index in [2.05, 4.69) is 38.1 Å². The summed E-state index contributed by atoms with van der Waals surface area (Å²) in [4.78, 5) is 0. The second-order valence-electron chi connectivity index (χ2n) is 6.16. The third-order valence-corrected chi connectivity index (χ3v) is 4.32. The van der Waals surface area contributed by atoms with Crippen LogP contribution in [0.15, 0.2) is 24.3 Å². The van der Waals surface area contributed by atoms with Crippen LogP contribution in [0.1, 0.15) is 63.0 Å². The molecule has 2 unspecified atom stereocenters. The average Bonchev–Trinajstić information content (AvgIpc) is 2.53. The number of alkyl halides is 1. The van der Waals surface area contributed by atoms with Crippen LogP contribution in [0.5, 0.6) is 0 Å². The van der Waals surface area contributed by atoms with Crippen LogP contribution in [-0.4, -0.2) is 5.38 Å². The topological polar surface area (TPSA) is 0 Å². The van der Waals surface area contributed by atoms with E-state index in [0.29, 0.717) is 11.3 Å². The molecule has 0 radical (unpaired) electrons. The lowest BCUT2D eigenvalue weighted by Gasteiger charge is -2.18. The molecule has 18 heavy (non-hydrogen) atoms. The van der Waals surface area contributed by atoms with E-state index in [-0.39, 0.29) is 0 Å². The van der Waals surface area contributed by atoms with E-state index in [4.69, 9.17) is 11.6 Å². The molecule has 2 rings (SSSR count). The number of halogens is 1. The van der Waals surface area contributed by atoms with Crippen LogP contribution in [-0.2, 0) is 6.42 Å². The van der Waals surface area contributed by atoms with Crippen molar-refractivity contribution in [3.8, 4) is 0 Å². The van der Waals surface area contributed by atoms with Gasteiger partial charge in [0.25, 0.3) is 0 Å². The van der Waals surface area contributed by atoms with Gasteiger partial charge < -0.3 is 0 Å². The van der Waals surface area contributed by atoms with Gasteiger partial charge in [-0.3, -0.25) is 0 Å². The fraction of sp³-hybridized carbons (Fsp3) is 0.647. The summed E-state index contributed by atoms with van der Waals surface area (Å²) in [7, 11) is 0. The Morgan fingerprint density at radius 1 is 1.22 bits per heavy atom. The van der Waals surface area contributed by atoms with Gasteiger partial charge in [-0.15, -0.1) is 11.6 Å². The predicted molar refractivity (Wildman–Crippen MR) is 80.5 cm³/mol. The van der Waals surface area contributed by atoms with Crippen LogP contribution >= 0.6 is 11.6 Å². The van der Waals surface area contributed by atoms with Crippen molar-refractivity contribution in [1.29, 1.82) is 0 Å². The Balaban J connectivity index is 2.11. The lowest BCUT2D eigenvalue weighted by molar-refractivity contribution is 0.592. The number of rotatable bonds is 3. The van der Waals surface area contributed by atoms with Gasteiger partial charge in [0.2, 0.25) is 0 Å². The maximum atomic E-state index is 6.39. The molecule has 0 aromatic heterocycles. The van der Waals surface area contributed by atoms with Crippen LogP contribution < -0.4 is 0 Å². The van der Waals surface area contributed by atoms with Gasteiger partial charge in [0.15, 0.2) is 0 Å². The molecule has 0 aliphatic heterocycles. The highest BCUT2D eigenvalue weighted by Crippen LogP contribution is 2.34. The molecule has 0 spiro atoms. The summed E-state index contributed by atoms with van der Waals surface area (Å²) in [6.07, 6.45) is 7.49. The van der Waals surface area contributed by atoms with Crippen molar-refractivity contribution in [1.82, 2.24) is 0 Å². The van der Waals surface area contributed by atoms with E-state index < -0.39 is 0 Å². The number of benzene rings is 1. The van der Waals surface area contributed by atoms with Gasteiger partial charge in [0, 0.05) is 5.38 Å². The molecular formula is C17H25Cl. The van der Waals surface area contributed by atoms with Crippen molar-refractivity contribution in [2.24, 2.45) is 5.92 Å². The highest BCUT2D eigenvalue weighted by molar-refractivity contribution is 6.20. The molecule has 0 heterocycles. The van der Waals surface area contributed by atoms with Gasteiger partial charge in [-0.05, 0) is 48.6 Å². The maximum absolute atomic E-state index is 6.39. The summed E-state index contributed by atoms with van der Waals surface area (Å²) in [6.45, 7) is 4.57. The highest BCUT2D eigenvalue weighted by atomic mass is 35.5. The van der Waals surface area contributed by atoms with E-state index in [0.717, 1.165) is 12.3 Å². The molecule has 1 aliphatic rings. The molecule has 100 valence electrons. The first-order valence-electron chi connectivity index (χ1n) is 7.38. The second kappa shape index (κ2) is 6.61. The molecule has 0 N–H and O–H groups in total. The minimum atomic E-state index is 0.381. The molecule has 0 amide bonds. The van der Waals surface area contributed by atoms with Gasteiger partial charge in [-0.1, -0.05) is 51.0 Å². The molecule has 1 saturated carbocycles. The quantitative estimate of drug-likeness (QED) is 0.497. The first-order chi connectivity index (χ1) is 8.65. The zero-order valence-electron chi connectivity index (χ0n) is 11.7. The maximum Gasteiger partial charge on any atom is 0.0341 e. The van der Waals surface area contributed by atoms with Gasteiger partial charge >= 0.3 is 0 Å². The van der Waals surface area contributed by atoms with Crippen LogP contribution in [0, 0.1) is 5.92 Å². The number of hydrogen-bond acceptors (Lipinski definition) is 0. The summed E-state index contributed by atoms with van der Waals surface area (Å²) in [6, 6.07) is 9.20. The molecule has 1 fully saturated rings. The Bertz CT molecular complexity index is 370. The van der Waals surface area contributed by atoms with E-state index in [9.17, 15) is 0 Å². The minimum absolute atomic E-state index is 0.381. The van der Waals surface area contributed by atoms with Crippen molar-refractivity contribution in [2.75, 3.05) is 0 Å². The van der Waals surface area contributed by atoms with Crippen molar-refractivity contribution in [3.05, 3.63) is 35.4 Å². The summed E-state index contributed by atoms with van der Waals surface area (Å²) in [5.74, 6) is 1.41. The van der Waals surface area contributed by atoms with E-state index in [1.54, 1.807) is 0 Å². The standard InChI is InChI=1S/C17H25Cl/c1-13(2)10-14-6-5-8-15(11-14)16-7-3-4-9-17(18)12-16/h5-6,8,11,13,16-17H,3-4,7,9-10,12H2,1-2H3. The van der Waals surface area contributed by atoms with Gasteiger partial charge in [0.1, 0.15) is 0 Å². The first-order valence-corrected chi connectivity index (χ1v) is 7.81. The molecule has 1 aromatic rings. The fourth-order valence-corrected chi connectivity index (χ4v) is 3.42. The molecule has 0 bridgehead atoms. The lowest BCUT2D eigenvalue weighted by Crippen LogP contribution is -2.05. The molecule has 1 heteroatoms. The summed E-state index contributed by atoms with van der Waals surface area (Å²) in [5.41, 5.74) is 3.00. The predicted octanol–water partition coefficient (Wildman–Crippen LogP) is 5.54. The van der Waals surface area contributed by atoms with E-state index in [1.165, 1.54) is 43.2 Å². The third kappa shape index (κ3) is 4.02. The monoisotopic (exact) mass is 264 g/mol. The summed E-state index contributed by atoms with van der Waals surface area (Å²) >= 11 is 6.39. The Morgan fingerprint density at radius 2 is 2.00 bits per heavy atom.